The summed E-state index contributed by atoms with van der Waals surface area (Å²) in [5, 5.41) is 11.4. The van der Waals surface area contributed by atoms with Gasteiger partial charge in [-0.2, -0.15) is 0 Å². The Labute approximate surface area is 181 Å². The molecular formula is C21H15Cl2NO6. The Hall–Kier alpha value is -3.29. The third-order valence-electron chi connectivity index (χ3n) is 3.85. The fourth-order valence-corrected chi connectivity index (χ4v) is 2.82. The summed E-state index contributed by atoms with van der Waals surface area (Å²) in [6.07, 6.45) is 0. The predicted molar refractivity (Wildman–Crippen MR) is 111 cm³/mol. The SMILES string of the molecule is O=C(COc1ccc(Cl)cc1Cl)OCc1ccc(Oc2ccc([N+](=O)[O-])cc2)cc1. The van der Waals surface area contributed by atoms with Crippen LogP contribution in [0.4, 0.5) is 5.69 Å². The van der Waals surface area contributed by atoms with Crippen molar-refractivity contribution in [1.29, 1.82) is 0 Å². The zero-order valence-electron chi connectivity index (χ0n) is 15.4. The van der Waals surface area contributed by atoms with Crippen LogP contribution in [0.3, 0.4) is 0 Å². The lowest BCUT2D eigenvalue weighted by atomic mass is 10.2. The maximum atomic E-state index is 11.9. The fraction of sp³-hybridized carbons (Fsp3) is 0.0952. The topological polar surface area (TPSA) is 87.9 Å². The highest BCUT2D eigenvalue weighted by Crippen LogP contribution is 2.27. The predicted octanol–water partition coefficient (Wildman–Crippen LogP) is 5.82. The number of carbonyl (C=O) groups is 1. The molecule has 0 heterocycles. The molecule has 0 N–H and O–H groups in total. The number of halogens is 2. The number of benzene rings is 3. The van der Waals surface area contributed by atoms with Gasteiger partial charge >= 0.3 is 5.97 Å². The van der Waals surface area contributed by atoms with Gasteiger partial charge in [-0.15, -0.1) is 0 Å². The number of hydrogen-bond donors (Lipinski definition) is 0. The smallest absolute Gasteiger partial charge is 0.344 e. The van der Waals surface area contributed by atoms with Gasteiger partial charge in [0.2, 0.25) is 0 Å². The van der Waals surface area contributed by atoms with E-state index in [1.165, 1.54) is 30.3 Å². The molecule has 0 saturated heterocycles. The van der Waals surface area contributed by atoms with Crippen molar-refractivity contribution >= 4 is 34.9 Å². The van der Waals surface area contributed by atoms with Gasteiger partial charge in [0, 0.05) is 17.2 Å². The van der Waals surface area contributed by atoms with E-state index in [0.29, 0.717) is 27.3 Å². The maximum absolute atomic E-state index is 11.9. The second kappa shape index (κ2) is 9.96. The van der Waals surface area contributed by atoms with Crippen molar-refractivity contribution in [2.24, 2.45) is 0 Å². The minimum atomic E-state index is -0.549. The molecule has 3 aromatic carbocycles. The lowest BCUT2D eigenvalue weighted by Crippen LogP contribution is -2.14. The van der Waals surface area contributed by atoms with Gasteiger partial charge in [0.25, 0.3) is 5.69 Å². The molecule has 3 rings (SSSR count). The fourth-order valence-electron chi connectivity index (χ4n) is 2.36. The Bertz CT molecular complexity index is 1040. The molecule has 0 atom stereocenters. The van der Waals surface area contributed by atoms with Gasteiger partial charge in [-0.05, 0) is 48.0 Å². The van der Waals surface area contributed by atoms with Crippen molar-refractivity contribution in [3.05, 3.63) is 92.5 Å². The minimum Gasteiger partial charge on any atom is -0.480 e. The Balaban J connectivity index is 1.46. The van der Waals surface area contributed by atoms with Crippen molar-refractivity contribution in [2.45, 2.75) is 6.61 Å². The summed E-state index contributed by atoms with van der Waals surface area (Å²) in [5.41, 5.74) is 0.741. The van der Waals surface area contributed by atoms with Crippen LogP contribution >= 0.6 is 23.2 Å². The van der Waals surface area contributed by atoms with Gasteiger partial charge in [0.05, 0.1) is 9.95 Å². The Morgan fingerprint density at radius 1 is 0.933 bits per heavy atom. The van der Waals surface area contributed by atoms with E-state index in [4.69, 9.17) is 37.4 Å². The van der Waals surface area contributed by atoms with Crippen LogP contribution in [0.25, 0.3) is 0 Å². The molecular weight excluding hydrogens is 433 g/mol. The quantitative estimate of drug-likeness (QED) is 0.245. The summed E-state index contributed by atoms with van der Waals surface area (Å²) < 4.78 is 16.1. The summed E-state index contributed by atoms with van der Waals surface area (Å²) in [4.78, 5) is 22.1. The van der Waals surface area contributed by atoms with E-state index in [1.807, 2.05) is 0 Å². The van der Waals surface area contributed by atoms with Crippen LogP contribution in [-0.2, 0) is 16.1 Å². The van der Waals surface area contributed by atoms with Gasteiger partial charge in [-0.3, -0.25) is 10.1 Å². The zero-order chi connectivity index (χ0) is 21.5. The molecule has 0 fully saturated rings. The summed E-state index contributed by atoms with van der Waals surface area (Å²) in [6, 6.07) is 17.3. The van der Waals surface area contributed by atoms with Crippen LogP contribution in [0.5, 0.6) is 17.2 Å². The van der Waals surface area contributed by atoms with Crippen molar-refractivity contribution in [3.8, 4) is 17.2 Å². The van der Waals surface area contributed by atoms with Crippen molar-refractivity contribution < 1.29 is 23.9 Å². The molecule has 0 aromatic heterocycles. The first-order chi connectivity index (χ1) is 14.4. The van der Waals surface area contributed by atoms with E-state index < -0.39 is 10.9 Å². The van der Waals surface area contributed by atoms with Gasteiger partial charge in [-0.1, -0.05) is 35.3 Å². The molecule has 3 aromatic rings. The van der Waals surface area contributed by atoms with E-state index >= 15 is 0 Å². The van der Waals surface area contributed by atoms with Crippen LogP contribution in [0.2, 0.25) is 10.0 Å². The lowest BCUT2D eigenvalue weighted by molar-refractivity contribution is -0.384. The molecule has 0 aliphatic rings. The first-order valence-electron chi connectivity index (χ1n) is 8.65. The van der Waals surface area contributed by atoms with Crippen molar-refractivity contribution in [3.63, 3.8) is 0 Å². The average molecular weight is 448 g/mol. The highest BCUT2D eigenvalue weighted by atomic mass is 35.5. The minimum absolute atomic E-state index is 0.0122. The monoisotopic (exact) mass is 447 g/mol. The standard InChI is InChI=1S/C21H15Cl2NO6/c22-15-3-10-20(19(23)11-15)28-13-21(25)29-12-14-1-6-17(7-2-14)30-18-8-4-16(5-9-18)24(26)27/h1-11H,12-13H2. The second-order valence-corrected chi connectivity index (χ2v) is 6.86. The Kier molecular flexibility index (Phi) is 7.11. The molecule has 0 bridgehead atoms. The Morgan fingerprint density at radius 3 is 2.17 bits per heavy atom. The molecule has 0 aliphatic heterocycles. The first-order valence-corrected chi connectivity index (χ1v) is 9.41. The van der Waals surface area contributed by atoms with Crippen molar-refractivity contribution in [2.75, 3.05) is 6.61 Å². The summed E-state index contributed by atoms with van der Waals surface area (Å²) in [7, 11) is 0. The summed E-state index contributed by atoms with van der Waals surface area (Å²) >= 11 is 11.8. The molecule has 7 nitrogen and oxygen atoms in total. The summed E-state index contributed by atoms with van der Waals surface area (Å²) in [6.45, 7) is -0.225. The summed E-state index contributed by atoms with van der Waals surface area (Å²) in [5.74, 6) is 0.801. The normalized spacial score (nSPS) is 10.3. The highest BCUT2D eigenvalue weighted by Gasteiger charge is 2.09. The largest absolute Gasteiger partial charge is 0.480 e. The maximum Gasteiger partial charge on any atom is 0.344 e. The van der Waals surface area contributed by atoms with E-state index in [2.05, 4.69) is 0 Å². The number of non-ortho nitro benzene ring substituents is 1. The molecule has 154 valence electrons. The van der Waals surface area contributed by atoms with Gasteiger partial charge in [0.1, 0.15) is 23.9 Å². The van der Waals surface area contributed by atoms with Crippen LogP contribution < -0.4 is 9.47 Å². The molecule has 30 heavy (non-hydrogen) atoms. The van der Waals surface area contributed by atoms with Gasteiger partial charge in [-0.25, -0.2) is 4.79 Å². The number of nitro benzene ring substituents is 1. The van der Waals surface area contributed by atoms with Crippen LogP contribution in [0.1, 0.15) is 5.56 Å². The Morgan fingerprint density at radius 2 is 1.57 bits per heavy atom. The average Bonchev–Trinajstić information content (AvgIpc) is 2.73. The molecule has 0 unspecified atom stereocenters. The first kappa shape index (κ1) is 21.4. The number of rotatable bonds is 8. The lowest BCUT2D eigenvalue weighted by Gasteiger charge is -2.09. The van der Waals surface area contributed by atoms with Gasteiger partial charge < -0.3 is 14.2 Å². The number of nitro groups is 1. The zero-order valence-corrected chi connectivity index (χ0v) is 16.9. The van der Waals surface area contributed by atoms with E-state index in [1.54, 1.807) is 36.4 Å². The molecule has 9 heteroatoms. The number of nitrogens with zero attached hydrogens (tertiary/aromatic N) is 1. The molecule has 0 radical (unpaired) electrons. The molecule has 0 saturated carbocycles. The third-order valence-corrected chi connectivity index (χ3v) is 4.38. The van der Waals surface area contributed by atoms with E-state index in [0.717, 1.165) is 5.56 Å². The highest BCUT2D eigenvalue weighted by molar-refractivity contribution is 6.35. The number of ether oxygens (including phenoxy) is 3. The third kappa shape index (κ3) is 6.10. The molecule has 0 spiro atoms. The van der Waals surface area contributed by atoms with Gasteiger partial charge in [0.15, 0.2) is 6.61 Å². The van der Waals surface area contributed by atoms with Crippen LogP contribution in [0.15, 0.2) is 66.7 Å². The number of esters is 1. The molecule has 0 aliphatic carbocycles. The number of carbonyl (C=O) groups excluding carboxylic acids is 1. The van der Waals surface area contributed by atoms with E-state index in [9.17, 15) is 14.9 Å². The second-order valence-electron chi connectivity index (χ2n) is 6.02. The van der Waals surface area contributed by atoms with E-state index in [-0.39, 0.29) is 18.9 Å². The van der Waals surface area contributed by atoms with Crippen LogP contribution in [-0.4, -0.2) is 17.5 Å². The number of hydrogen-bond acceptors (Lipinski definition) is 6. The molecule has 0 amide bonds. The van der Waals surface area contributed by atoms with Crippen molar-refractivity contribution in [1.82, 2.24) is 0 Å². The van der Waals surface area contributed by atoms with Crippen LogP contribution in [0, 0.1) is 10.1 Å².